The summed E-state index contributed by atoms with van der Waals surface area (Å²) in [5.41, 5.74) is 1.99. The highest BCUT2D eigenvalue weighted by Gasteiger charge is 2.18. The van der Waals surface area contributed by atoms with Crippen LogP contribution in [-0.4, -0.2) is 13.4 Å². The standard InChI is InChI=1S/C23H20Cl2N2O3S2/c1-23(2,3)14-4-7-19(8-5-14)32(28,29)27-17-10-16(25)11-18(13-17)30-22-26-20-12-15(24)6-9-21(20)31-22/h4-13,27H,1-3H3. The third-order valence-corrected chi connectivity index (χ3v) is 7.45. The molecule has 0 aliphatic carbocycles. The first-order valence-electron chi connectivity index (χ1n) is 9.67. The van der Waals surface area contributed by atoms with Crippen LogP contribution in [0.3, 0.4) is 0 Å². The van der Waals surface area contributed by atoms with E-state index in [4.69, 9.17) is 27.9 Å². The topological polar surface area (TPSA) is 68.3 Å². The van der Waals surface area contributed by atoms with Gasteiger partial charge in [0, 0.05) is 16.1 Å². The van der Waals surface area contributed by atoms with E-state index in [2.05, 4.69) is 30.5 Å². The van der Waals surface area contributed by atoms with Crippen LogP contribution in [0.4, 0.5) is 5.69 Å². The molecule has 0 unspecified atom stereocenters. The number of nitrogens with zero attached hydrogens (tertiary/aromatic N) is 1. The molecular weight excluding hydrogens is 487 g/mol. The zero-order valence-electron chi connectivity index (χ0n) is 17.5. The van der Waals surface area contributed by atoms with Crippen LogP contribution < -0.4 is 9.46 Å². The minimum absolute atomic E-state index is 0.0686. The summed E-state index contributed by atoms with van der Waals surface area (Å²) in [7, 11) is -3.80. The number of thiazole rings is 1. The van der Waals surface area contributed by atoms with Crippen LogP contribution in [0.2, 0.25) is 10.0 Å². The van der Waals surface area contributed by atoms with Gasteiger partial charge in [-0.15, -0.1) is 0 Å². The van der Waals surface area contributed by atoms with E-state index in [0.29, 0.717) is 21.0 Å². The van der Waals surface area contributed by atoms with Crippen LogP contribution in [0.15, 0.2) is 65.6 Å². The van der Waals surface area contributed by atoms with E-state index in [0.717, 1.165) is 15.8 Å². The van der Waals surface area contributed by atoms with E-state index >= 15 is 0 Å². The maximum Gasteiger partial charge on any atom is 0.279 e. The third kappa shape index (κ3) is 5.18. The zero-order valence-corrected chi connectivity index (χ0v) is 20.7. The van der Waals surface area contributed by atoms with Gasteiger partial charge in [0.1, 0.15) is 5.75 Å². The first kappa shape index (κ1) is 22.9. The highest BCUT2D eigenvalue weighted by Crippen LogP contribution is 2.35. The van der Waals surface area contributed by atoms with Crippen molar-refractivity contribution < 1.29 is 13.2 Å². The molecule has 0 bridgehead atoms. The molecule has 0 saturated heterocycles. The van der Waals surface area contributed by atoms with E-state index in [9.17, 15) is 8.42 Å². The average molecular weight is 507 g/mol. The largest absolute Gasteiger partial charge is 0.431 e. The van der Waals surface area contributed by atoms with Crippen molar-refractivity contribution in [1.29, 1.82) is 0 Å². The summed E-state index contributed by atoms with van der Waals surface area (Å²) in [5.74, 6) is 0.364. The van der Waals surface area contributed by atoms with Gasteiger partial charge < -0.3 is 4.74 Å². The van der Waals surface area contributed by atoms with Crippen LogP contribution in [-0.2, 0) is 15.4 Å². The molecule has 0 aliphatic rings. The van der Waals surface area contributed by atoms with Crippen molar-refractivity contribution in [3.63, 3.8) is 0 Å². The second-order valence-corrected chi connectivity index (χ2v) is 11.8. The molecule has 0 aliphatic heterocycles. The SMILES string of the molecule is CC(C)(C)c1ccc(S(=O)(=O)Nc2cc(Cl)cc(Oc3nc4cc(Cl)ccc4s3)c2)cc1. The maximum atomic E-state index is 12.9. The van der Waals surface area contributed by atoms with Crippen LogP contribution in [0.1, 0.15) is 26.3 Å². The molecule has 1 N–H and O–H groups in total. The molecule has 0 amide bonds. The summed E-state index contributed by atoms with van der Waals surface area (Å²) in [6.45, 7) is 6.22. The molecule has 0 saturated carbocycles. The molecule has 166 valence electrons. The van der Waals surface area contributed by atoms with Gasteiger partial charge in [-0.25, -0.2) is 13.4 Å². The summed E-state index contributed by atoms with van der Waals surface area (Å²) >= 11 is 13.6. The zero-order chi connectivity index (χ0) is 23.1. The Labute approximate surface area is 201 Å². The first-order chi connectivity index (χ1) is 15.0. The number of sulfonamides is 1. The number of fused-ring (bicyclic) bond motifs is 1. The van der Waals surface area contributed by atoms with Gasteiger partial charge in [-0.2, -0.15) is 0 Å². The lowest BCUT2D eigenvalue weighted by atomic mass is 9.87. The Kier molecular flexibility index (Phi) is 6.11. The van der Waals surface area contributed by atoms with Gasteiger partial charge in [-0.3, -0.25) is 4.72 Å². The quantitative estimate of drug-likeness (QED) is 0.304. The number of ether oxygens (including phenoxy) is 1. The first-order valence-corrected chi connectivity index (χ1v) is 12.7. The van der Waals surface area contributed by atoms with Crippen molar-refractivity contribution in [2.75, 3.05) is 4.72 Å². The molecule has 4 rings (SSSR count). The molecule has 5 nitrogen and oxygen atoms in total. The van der Waals surface area contributed by atoms with E-state index in [1.54, 1.807) is 36.4 Å². The van der Waals surface area contributed by atoms with Gasteiger partial charge >= 0.3 is 0 Å². The molecule has 9 heteroatoms. The molecule has 32 heavy (non-hydrogen) atoms. The summed E-state index contributed by atoms with van der Waals surface area (Å²) in [6, 6.07) is 16.9. The van der Waals surface area contributed by atoms with Crippen molar-refractivity contribution in [3.8, 4) is 10.9 Å². The predicted octanol–water partition coefficient (Wildman–Crippen LogP) is 7.49. The van der Waals surface area contributed by atoms with Gasteiger partial charge in [0.05, 0.1) is 20.8 Å². The van der Waals surface area contributed by atoms with E-state index in [1.165, 1.54) is 17.4 Å². The van der Waals surface area contributed by atoms with Crippen molar-refractivity contribution in [2.45, 2.75) is 31.1 Å². The molecule has 3 aromatic carbocycles. The lowest BCUT2D eigenvalue weighted by Gasteiger charge is -2.19. The van der Waals surface area contributed by atoms with E-state index in [1.807, 2.05) is 18.2 Å². The van der Waals surface area contributed by atoms with Crippen LogP contribution in [0.25, 0.3) is 10.2 Å². The predicted molar refractivity (Wildman–Crippen MR) is 132 cm³/mol. The van der Waals surface area contributed by atoms with Crippen molar-refractivity contribution in [2.24, 2.45) is 0 Å². The lowest BCUT2D eigenvalue weighted by Crippen LogP contribution is -2.15. The van der Waals surface area contributed by atoms with Crippen LogP contribution in [0.5, 0.6) is 10.9 Å². The number of hydrogen-bond donors (Lipinski definition) is 1. The number of anilines is 1. The van der Waals surface area contributed by atoms with E-state index < -0.39 is 10.0 Å². The second-order valence-electron chi connectivity index (χ2n) is 8.25. The van der Waals surface area contributed by atoms with Gasteiger partial charge in [-0.05, 0) is 53.4 Å². The molecule has 4 aromatic rings. The van der Waals surface area contributed by atoms with Crippen molar-refractivity contribution in [1.82, 2.24) is 4.98 Å². The molecule has 0 spiro atoms. The molecule has 1 heterocycles. The fourth-order valence-corrected chi connectivity index (χ4v) is 5.30. The smallest absolute Gasteiger partial charge is 0.279 e. The lowest BCUT2D eigenvalue weighted by molar-refractivity contribution is 0.480. The number of hydrogen-bond acceptors (Lipinski definition) is 5. The number of aromatic nitrogens is 1. The summed E-state index contributed by atoms with van der Waals surface area (Å²) < 4.78 is 35.1. The fraction of sp³-hybridized carbons (Fsp3) is 0.174. The summed E-state index contributed by atoms with van der Waals surface area (Å²) in [4.78, 5) is 4.57. The van der Waals surface area contributed by atoms with Crippen LogP contribution >= 0.6 is 34.5 Å². The van der Waals surface area contributed by atoms with Gasteiger partial charge in [-0.1, -0.05) is 67.4 Å². The minimum atomic E-state index is -3.80. The molecule has 0 atom stereocenters. The molecule has 0 radical (unpaired) electrons. The molecule has 1 aromatic heterocycles. The summed E-state index contributed by atoms with van der Waals surface area (Å²) in [6.07, 6.45) is 0. The Morgan fingerprint density at radius 1 is 0.938 bits per heavy atom. The second kappa shape index (κ2) is 8.56. The number of benzene rings is 3. The van der Waals surface area contributed by atoms with Crippen LogP contribution in [0, 0.1) is 0 Å². The minimum Gasteiger partial charge on any atom is -0.431 e. The Bertz CT molecular complexity index is 1390. The Hall–Kier alpha value is -2.32. The highest BCUT2D eigenvalue weighted by molar-refractivity contribution is 7.92. The number of nitrogens with one attached hydrogen (secondary N) is 1. The number of rotatable bonds is 5. The normalized spacial score (nSPS) is 12.2. The molecular formula is C23H20Cl2N2O3S2. The summed E-state index contributed by atoms with van der Waals surface area (Å²) in [5, 5.41) is 1.31. The maximum absolute atomic E-state index is 12.9. The average Bonchev–Trinajstić information content (AvgIpc) is 3.07. The highest BCUT2D eigenvalue weighted by atomic mass is 35.5. The number of halogens is 2. The molecule has 0 fully saturated rings. The Morgan fingerprint density at radius 3 is 2.34 bits per heavy atom. The Balaban J connectivity index is 1.57. The monoisotopic (exact) mass is 506 g/mol. The van der Waals surface area contributed by atoms with Gasteiger partial charge in [0.25, 0.3) is 15.2 Å². The van der Waals surface area contributed by atoms with Gasteiger partial charge in [0.15, 0.2) is 0 Å². The third-order valence-electron chi connectivity index (χ3n) is 4.69. The fourth-order valence-electron chi connectivity index (χ4n) is 3.05. The Morgan fingerprint density at radius 2 is 1.66 bits per heavy atom. The van der Waals surface area contributed by atoms with Gasteiger partial charge in [0.2, 0.25) is 0 Å². The van der Waals surface area contributed by atoms with Crippen molar-refractivity contribution in [3.05, 3.63) is 76.3 Å². The van der Waals surface area contributed by atoms with Crippen molar-refractivity contribution >= 4 is 60.5 Å². The van der Waals surface area contributed by atoms with E-state index in [-0.39, 0.29) is 16.0 Å².